The van der Waals surface area contributed by atoms with E-state index in [-0.39, 0.29) is 17.4 Å². The van der Waals surface area contributed by atoms with Gasteiger partial charge in [-0.1, -0.05) is 35.7 Å². The Balaban J connectivity index is 1.26. The number of aliphatic imine (C=N–C) groups is 1. The number of anilines is 2. The van der Waals surface area contributed by atoms with Gasteiger partial charge >= 0.3 is 0 Å². The third-order valence-electron chi connectivity index (χ3n) is 5.07. The molecular weight excluding hydrogens is 435 g/mol. The van der Waals surface area contributed by atoms with Crippen molar-refractivity contribution in [2.24, 2.45) is 4.99 Å². The van der Waals surface area contributed by atoms with E-state index in [1.165, 1.54) is 23.9 Å². The molecule has 2 heterocycles. The lowest BCUT2D eigenvalue weighted by atomic mass is 10.1. The number of piperazine rings is 1. The highest BCUT2D eigenvalue weighted by Crippen LogP contribution is 2.23. The Morgan fingerprint density at radius 3 is 2.48 bits per heavy atom. The zero-order valence-electron chi connectivity index (χ0n) is 16.9. The zero-order valence-corrected chi connectivity index (χ0v) is 18.6. The molecule has 31 heavy (non-hydrogen) atoms. The first-order chi connectivity index (χ1) is 15.1. The van der Waals surface area contributed by atoms with Crippen molar-refractivity contribution >= 4 is 51.1 Å². The lowest BCUT2D eigenvalue weighted by molar-refractivity contribution is -0.113. The van der Waals surface area contributed by atoms with Crippen molar-refractivity contribution < 1.29 is 14.0 Å². The standard InChI is InChI=1S/C22H23FN4O2S2/c23-19-4-2-1-3-18(19)21(29)27-12-10-26(11-13-27)17-7-5-16(6-8-17)25-20(28)15-31-22-24-9-14-30-22/h1-8H,9-15H2,(H,25,28). The van der Waals surface area contributed by atoms with Crippen LogP contribution < -0.4 is 10.2 Å². The first-order valence-corrected chi connectivity index (χ1v) is 12.1. The molecule has 0 unspecified atom stereocenters. The monoisotopic (exact) mass is 458 g/mol. The second-order valence-corrected chi connectivity index (χ2v) is 9.44. The van der Waals surface area contributed by atoms with Gasteiger partial charge in [0.05, 0.1) is 17.9 Å². The molecule has 162 valence electrons. The van der Waals surface area contributed by atoms with Gasteiger partial charge in [0, 0.05) is 43.3 Å². The first kappa shape index (κ1) is 21.7. The summed E-state index contributed by atoms with van der Waals surface area (Å²) in [5, 5.41) is 2.91. The lowest BCUT2D eigenvalue weighted by Gasteiger charge is -2.36. The van der Waals surface area contributed by atoms with Crippen molar-refractivity contribution in [3.05, 3.63) is 59.9 Å². The van der Waals surface area contributed by atoms with Crippen LogP contribution in [-0.2, 0) is 4.79 Å². The Morgan fingerprint density at radius 2 is 1.81 bits per heavy atom. The van der Waals surface area contributed by atoms with Gasteiger partial charge in [0.15, 0.2) is 0 Å². The van der Waals surface area contributed by atoms with Crippen LogP contribution >= 0.6 is 23.5 Å². The van der Waals surface area contributed by atoms with Gasteiger partial charge in [-0.15, -0.1) is 0 Å². The maximum atomic E-state index is 13.9. The maximum absolute atomic E-state index is 13.9. The molecule has 0 spiro atoms. The fraction of sp³-hybridized carbons (Fsp3) is 0.318. The summed E-state index contributed by atoms with van der Waals surface area (Å²) in [5.41, 5.74) is 1.90. The molecule has 1 fully saturated rings. The number of nitrogens with one attached hydrogen (secondary N) is 1. The molecule has 0 radical (unpaired) electrons. The van der Waals surface area contributed by atoms with Crippen molar-refractivity contribution in [3.8, 4) is 0 Å². The number of hydrogen-bond donors (Lipinski definition) is 1. The highest BCUT2D eigenvalue weighted by molar-refractivity contribution is 8.39. The SMILES string of the molecule is O=C(CSC1=NCCS1)Nc1ccc(N2CCN(C(=O)c3ccccc3F)CC2)cc1. The van der Waals surface area contributed by atoms with Gasteiger partial charge in [0.1, 0.15) is 10.2 Å². The Kier molecular flexibility index (Phi) is 7.14. The highest BCUT2D eigenvalue weighted by atomic mass is 32.2. The van der Waals surface area contributed by atoms with Gasteiger partial charge < -0.3 is 15.1 Å². The van der Waals surface area contributed by atoms with Crippen LogP contribution in [0, 0.1) is 5.82 Å². The third-order valence-corrected chi connectivity index (χ3v) is 7.32. The molecule has 2 aliphatic rings. The maximum Gasteiger partial charge on any atom is 0.256 e. The van der Waals surface area contributed by atoms with Crippen LogP contribution in [0.1, 0.15) is 10.4 Å². The molecule has 2 aromatic carbocycles. The summed E-state index contributed by atoms with van der Waals surface area (Å²) in [6.45, 7) is 3.24. The van der Waals surface area contributed by atoms with E-state index in [1.807, 2.05) is 24.3 Å². The molecule has 4 rings (SSSR count). The van der Waals surface area contributed by atoms with Crippen LogP contribution in [0.3, 0.4) is 0 Å². The fourth-order valence-electron chi connectivity index (χ4n) is 3.46. The van der Waals surface area contributed by atoms with E-state index in [1.54, 1.807) is 28.8 Å². The fourth-order valence-corrected chi connectivity index (χ4v) is 5.26. The van der Waals surface area contributed by atoms with E-state index >= 15 is 0 Å². The zero-order chi connectivity index (χ0) is 21.6. The van der Waals surface area contributed by atoms with Crippen LogP contribution in [0.2, 0.25) is 0 Å². The number of amides is 2. The van der Waals surface area contributed by atoms with Crippen molar-refractivity contribution in [3.63, 3.8) is 0 Å². The van der Waals surface area contributed by atoms with Gasteiger partial charge in [-0.2, -0.15) is 0 Å². The normalized spacial score (nSPS) is 16.2. The predicted molar refractivity (Wildman–Crippen MR) is 127 cm³/mol. The minimum Gasteiger partial charge on any atom is -0.368 e. The molecule has 0 bridgehead atoms. The molecule has 6 nitrogen and oxygen atoms in total. The summed E-state index contributed by atoms with van der Waals surface area (Å²) in [7, 11) is 0. The number of benzene rings is 2. The molecule has 2 aromatic rings. The summed E-state index contributed by atoms with van der Waals surface area (Å²) in [4.78, 5) is 32.9. The topological polar surface area (TPSA) is 65.0 Å². The molecule has 1 saturated heterocycles. The van der Waals surface area contributed by atoms with E-state index < -0.39 is 5.82 Å². The van der Waals surface area contributed by atoms with Crippen LogP contribution in [-0.4, -0.2) is 65.3 Å². The van der Waals surface area contributed by atoms with E-state index in [0.717, 1.165) is 28.0 Å². The van der Waals surface area contributed by atoms with Gasteiger partial charge in [0.25, 0.3) is 5.91 Å². The van der Waals surface area contributed by atoms with Crippen LogP contribution in [0.25, 0.3) is 0 Å². The largest absolute Gasteiger partial charge is 0.368 e. The number of carbonyl (C=O) groups is 2. The molecule has 0 atom stereocenters. The quantitative estimate of drug-likeness (QED) is 0.742. The minimum atomic E-state index is -0.485. The number of halogens is 1. The Hall–Kier alpha value is -2.52. The smallest absolute Gasteiger partial charge is 0.256 e. The predicted octanol–water partition coefficient (Wildman–Crippen LogP) is 3.56. The van der Waals surface area contributed by atoms with E-state index in [0.29, 0.717) is 31.9 Å². The number of rotatable bonds is 5. The Bertz CT molecular complexity index is 976. The van der Waals surface area contributed by atoms with Crippen molar-refractivity contribution in [2.75, 3.05) is 54.4 Å². The summed E-state index contributed by atoms with van der Waals surface area (Å²) in [6, 6.07) is 13.8. The van der Waals surface area contributed by atoms with Crippen molar-refractivity contribution in [1.29, 1.82) is 0 Å². The summed E-state index contributed by atoms with van der Waals surface area (Å²) in [5.74, 6) is 0.549. The summed E-state index contributed by atoms with van der Waals surface area (Å²) in [6.07, 6.45) is 0. The van der Waals surface area contributed by atoms with Gasteiger partial charge in [-0.05, 0) is 36.4 Å². The van der Waals surface area contributed by atoms with Crippen LogP contribution in [0.5, 0.6) is 0 Å². The molecule has 9 heteroatoms. The van der Waals surface area contributed by atoms with E-state index in [2.05, 4.69) is 15.2 Å². The van der Waals surface area contributed by atoms with Gasteiger partial charge in [-0.25, -0.2) is 4.39 Å². The van der Waals surface area contributed by atoms with Crippen molar-refractivity contribution in [1.82, 2.24) is 4.90 Å². The third kappa shape index (κ3) is 5.59. The van der Waals surface area contributed by atoms with Crippen LogP contribution in [0.4, 0.5) is 15.8 Å². The number of carbonyl (C=O) groups excluding carboxylic acids is 2. The average molecular weight is 459 g/mol. The number of hydrogen-bond acceptors (Lipinski definition) is 6. The average Bonchev–Trinajstić information content (AvgIpc) is 3.32. The molecule has 2 aliphatic heterocycles. The second-order valence-electron chi connectivity index (χ2n) is 7.14. The Morgan fingerprint density at radius 1 is 1.06 bits per heavy atom. The first-order valence-electron chi connectivity index (χ1n) is 10.1. The molecule has 1 N–H and O–H groups in total. The summed E-state index contributed by atoms with van der Waals surface area (Å²) >= 11 is 3.17. The number of thioether (sulfide) groups is 2. The highest BCUT2D eigenvalue weighted by Gasteiger charge is 2.24. The van der Waals surface area contributed by atoms with Crippen molar-refractivity contribution in [2.45, 2.75) is 0 Å². The molecular formula is C22H23FN4O2S2. The molecule has 2 amide bonds. The van der Waals surface area contributed by atoms with E-state index in [4.69, 9.17) is 0 Å². The number of nitrogens with zero attached hydrogens (tertiary/aromatic N) is 3. The molecule has 0 aromatic heterocycles. The van der Waals surface area contributed by atoms with E-state index in [9.17, 15) is 14.0 Å². The Labute approximate surface area is 189 Å². The molecule has 0 saturated carbocycles. The lowest BCUT2D eigenvalue weighted by Crippen LogP contribution is -2.49. The second kappa shape index (κ2) is 10.2. The minimum absolute atomic E-state index is 0.0479. The van der Waals surface area contributed by atoms with Gasteiger partial charge in [0.2, 0.25) is 5.91 Å². The van der Waals surface area contributed by atoms with Gasteiger partial charge in [-0.3, -0.25) is 14.6 Å². The molecule has 0 aliphatic carbocycles. The summed E-state index contributed by atoms with van der Waals surface area (Å²) < 4.78 is 14.9. The van der Waals surface area contributed by atoms with Crippen LogP contribution in [0.15, 0.2) is 53.5 Å².